The minimum Gasteiger partial charge on any atom is -0.358 e. The second-order valence-electron chi connectivity index (χ2n) is 6.62. The van der Waals surface area contributed by atoms with Crippen molar-refractivity contribution in [3.05, 3.63) is 68.3 Å². The summed E-state index contributed by atoms with van der Waals surface area (Å²) in [5.74, 6) is -0.0856. The molecule has 1 aromatic heterocycles. The number of hydrogen-bond donors (Lipinski definition) is 2. The van der Waals surface area contributed by atoms with Crippen LogP contribution in [-0.2, 0) is 12.8 Å². The molecule has 0 bridgehead atoms. The number of hydrogen-bond acceptors (Lipinski definition) is 1. The van der Waals surface area contributed by atoms with E-state index in [-0.39, 0.29) is 11.9 Å². The highest BCUT2D eigenvalue weighted by molar-refractivity contribution is 9.10. The highest BCUT2D eigenvalue weighted by atomic mass is 79.9. The van der Waals surface area contributed by atoms with E-state index in [1.807, 2.05) is 25.1 Å². The quantitative estimate of drug-likeness (QED) is 0.593. The second-order valence-corrected chi connectivity index (χ2v) is 7.94. The van der Waals surface area contributed by atoms with E-state index in [9.17, 15) is 4.79 Å². The van der Waals surface area contributed by atoms with Crippen LogP contribution in [0.5, 0.6) is 0 Å². The van der Waals surface area contributed by atoms with Crippen LogP contribution in [0.15, 0.2) is 40.9 Å². The Morgan fingerprint density at radius 3 is 2.96 bits per heavy atom. The molecule has 1 aliphatic carbocycles. The molecule has 4 rings (SSSR count). The van der Waals surface area contributed by atoms with Crippen LogP contribution >= 0.6 is 27.5 Å². The summed E-state index contributed by atoms with van der Waals surface area (Å²) in [6.07, 6.45) is 2.70. The van der Waals surface area contributed by atoms with E-state index < -0.39 is 0 Å². The maximum atomic E-state index is 12.7. The van der Waals surface area contributed by atoms with Crippen molar-refractivity contribution in [1.29, 1.82) is 0 Å². The van der Waals surface area contributed by atoms with Crippen molar-refractivity contribution < 1.29 is 4.79 Å². The molecule has 0 saturated heterocycles. The summed E-state index contributed by atoms with van der Waals surface area (Å²) in [4.78, 5) is 16.2. The Balaban J connectivity index is 1.59. The highest BCUT2D eigenvalue weighted by Gasteiger charge is 2.25. The summed E-state index contributed by atoms with van der Waals surface area (Å²) in [5.41, 5.74) is 5.23. The van der Waals surface area contributed by atoms with Gasteiger partial charge in [0.2, 0.25) is 0 Å². The predicted octanol–water partition coefficient (Wildman–Crippen LogP) is 5.18. The zero-order valence-electron chi connectivity index (χ0n) is 13.8. The number of benzene rings is 2. The number of H-pyrrole nitrogens is 1. The van der Waals surface area contributed by atoms with Crippen molar-refractivity contribution in [3.8, 4) is 0 Å². The molecular formula is C20H18BrClN2O. The second kappa shape index (κ2) is 6.50. The summed E-state index contributed by atoms with van der Waals surface area (Å²) in [5, 5.41) is 4.92. The SMILES string of the molecule is Cc1cccc(Cl)c1C(=O)NC1CCc2[nH]c3ccc(Br)cc3c2C1. The predicted molar refractivity (Wildman–Crippen MR) is 105 cm³/mol. The Morgan fingerprint density at radius 1 is 1.32 bits per heavy atom. The van der Waals surface area contributed by atoms with E-state index >= 15 is 0 Å². The first-order valence-corrected chi connectivity index (χ1v) is 9.55. The average molecular weight is 418 g/mol. The molecule has 2 aromatic carbocycles. The fraction of sp³-hybridized carbons (Fsp3) is 0.250. The van der Waals surface area contributed by atoms with Crippen molar-refractivity contribution in [2.75, 3.05) is 0 Å². The Labute approximate surface area is 159 Å². The van der Waals surface area contributed by atoms with Crippen LogP contribution in [-0.4, -0.2) is 16.9 Å². The lowest BCUT2D eigenvalue weighted by atomic mass is 9.91. The average Bonchev–Trinajstić information content (AvgIpc) is 2.92. The lowest BCUT2D eigenvalue weighted by Gasteiger charge is -2.24. The number of aryl methyl sites for hydroxylation is 2. The molecule has 0 saturated carbocycles. The van der Waals surface area contributed by atoms with E-state index in [2.05, 4.69) is 38.4 Å². The van der Waals surface area contributed by atoms with Gasteiger partial charge in [-0.3, -0.25) is 4.79 Å². The number of nitrogens with one attached hydrogen (secondary N) is 2. The number of amides is 1. The van der Waals surface area contributed by atoms with Gasteiger partial charge in [-0.25, -0.2) is 0 Å². The van der Waals surface area contributed by atoms with Gasteiger partial charge in [0, 0.05) is 27.1 Å². The standard InChI is InChI=1S/C20H18BrClN2O/c1-11-3-2-4-16(22)19(11)20(25)23-13-6-8-18-15(10-13)14-9-12(21)5-7-17(14)24-18/h2-5,7,9,13,24H,6,8,10H2,1H3,(H,23,25). The van der Waals surface area contributed by atoms with Gasteiger partial charge in [0.25, 0.3) is 5.91 Å². The lowest BCUT2D eigenvalue weighted by Crippen LogP contribution is -2.39. The van der Waals surface area contributed by atoms with E-state index in [1.54, 1.807) is 6.07 Å². The topological polar surface area (TPSA) is 44.9 Å². The van der Waals surface area contributed by atoms with E-state index in [1.165, 1.54) is 16.6 Å². The van der Waals surface area contributed by atoms with Gasteiger partial charge in [0.15, 0.2) is 0 Å². The number of rotatable bonds is 2. The smallest absolute Gasteiger partial charge is 0.253 e. The Kier molecular flexibility index (Phi) is 4.34. The van der Waals surface area contributed by atoms with Gasteiger partial charge in [0.05, 0.1) is 10.6 Å². The van der Waals surface area contributed by atoms with Gasteiger partial charge in [-0.1, -0.05) is 39.7 Å². The summed E-state index contributed by atoms with van der Waals surface area (Å²) in [7, 11) is 0. The van der Waals surface area contributed by atoms with Crippen molar-refractivity contribution in [1.82, 2.24) is 10.3 Å². The maximum absolute atomic E-state index is 12.7. The number of carbonyl (C=O) groups is 1. The Bertz CT molecular complexity index is 959. The Morgan fingerprint density at radius 2 is 2.16 bits per heavy atom. The van der Waals surface area contributed by atoms with E-state index in [4.69, 9.17) is 11.6 Å². The third-order valence-electron chi connectivity index (χ3n) is 4.93. The molecule has 0 aliphatic heterocycles. The van der Waals surface area contributed by atoms with Crippen molar-refractivity contribution >= 4 is 44.3 Å². The third-order valence-corrected chi connectivity index (χ3v) is 5.74. The molecule has 2 N–H and O–H groups in total. The van der Waals surface area contributed by atoms with Crippen LogP contribution in [0.2, 0.25) is 5.02 Å². The largest absolute Gasteiger partial charge is 0.358 e. The number of aromatic amines is 1. The third kappa shape index (κ3) is 3.09. The molecule has 1 unspecified atom stereocenters. The van der Waals surface area contributed by atoms with Gasteiger partial charge >= 0.3 is 0 Å². The lowest BCUT2D eigenvalue weighted by molar-refractivity contribution is 0.0933. The summed E-state index contributed by atoms with van der Waals surface area (Å²) < 4.78 is 1.07. The van der Waals surface area contributed by atoms with Crippen molar-refractivity contribution in [3.63, 3.8) is 0 Å². The van der Waals surface area contributed by atoms with E-state index in [0.29, 0.717) is 10.6 Å². The number of fused-ring (bicyclic) bond motifs is 3. The van der Waals surface area contributed by atoms with Crippen molar-refractivity contribution in [2.24, 2.45) is 0 Å². The summed E-state index contributed by atoms with van der Waals surface area (Å²) in [6.45, 7) is 1.91. The summed E-state index contributed by atoms with van der Waals surface area (Å²) in [6, 6.07) is 11.9. The van der Waals surface area contributed by atoms with Crippen LogP contribution in [0, 0.1) is 6.92 Å². The zero-order valence-corrected chi connectivity index (χ0v) is 16.2. The number of aromatic nitrogens is 1. The molecule has 0 radical (unpaired) electrons. The molecule has 3 aromatic rings. The number of carbonyl (C=O) groups excluding carboxylic acids is 1. The highest BCUT2D eigenvalue weighted by Crippen LogP contribution is 2.31. The first-order chi connectivity index (χ1) is 12.0. The molecule has 128 valence electrons. The molecule has 5 heteroatoms. The molecular weight excluding hydrogens is 400 g/mol. The first-order valence-electron chi connectivity index (χ1n) is 8.38. The molecule has 0 fully saturated rings. The molecule has 1 aliphatic rings. The minimum atomic E-state index is -0.0856. The van der Waals surface area contributed by atoms with Crippen LogP contribution in [0.3, 0.4) is 0 Å². The molecule has 25 heavy (non-hydrogen) atoms. The fourth-order valence-electron chi connectivity index (χ4n) is 3.69. The number of halogens is 2. The fourth-order valence-corrected chi connectivity index (χ4v) is 4.36. The van der Waals surface area contributed by atoms with Gasteiger partial charge in [-0.15, -0.1) is 0 Å². The zero-order chi connectivity index (χ0) is 17.6. The normalized spacial score (nSPS) is 16.7. The van der Waals surface area contributed by atoms with Gasteiger partial charge < -0.3 is 10.3 Å². The maximum Gasteiger partial charge on any atom is 0.253 e. The van der Waals surface area contributed by atoms with Gasteiger partial charge in [-0.2, -0.15) is 0 Å². The molecule has 3 nitrogen and oxygen atoms in total. The van der Waals surface area contributed by atoms with Crippen LogP contribution in [0.25, 0.3) is 10.9 Å². The first kappa shape index (κ1) is 16.7. The molecule has 1 heterocycles. The van der Waals surface area contributed by atoms with Crippen molar-refractivity contribution in [2.45, 2.75) is 32.2 Å². The van der Waals surface area contributed by atoms with Gasteiger partial charge in [0.1, 0.15) is 0 Å². The van der Waals surface area contributed by atoms with Crippen LogP contribution in [0.1, 0.15) is 33.6 Å². The van der Waals surface area contributed by atoms with E-state index in [0.717, 1.165) is 34.8 Å². The monoisotopic (exact) mass is 416 g/mol. The van der Waals surface area contributed by atoms with Crippen LogP contribution in [0.4, 0.5) is 0 Å². The molecule has 1 atom stereocenters. The minimum absolute atomic E-state index is 0.0856. The summed E-state index contributed by atoms with van der Waals surface area (Å²) >= 11 is 9.78. The Hall–Kier alpha value is -1.78. The molecule has 1 amide bonds. The van der Waals surface area contributed by atoms with Crippen LogP contribution < -0.4 is 5.32 Å². The molecule has 0 spiro atoms. The van der Waals surface area contributed by atoms with Gasteiger partial charge in [-0.05, 0) is 61.6 Å².